The van der Waals surface area contributed by atoms with Gasteiger partial charge in [-0.1, -0.05) is 6.42 Å². The van der Waals surface area contributed by atoms with E-state index in [-0.39, 0.29) is 11.5 Å². The molecule has 3 heterocycles. The Morgan fingerprint density at radius 2 is 2.04 bits per heavy atom. The van der Waals surface area contributed by atoms with E-state index in [0.717, 1.165) is 17.7 Å². The Morgan fingerprint density at radius 1 is 1.23 bits per heavy atom. The third kappa shape index (κ3) is 3.19. The number of aromatic nitrogens is 1. The molecule has 2 atom stereocenters. The molecule has 1 aromatic heterocycles. The lowest BCUT2D eigenvalue weighted by molar-refractivity contribution is 0.0854. The molecule has 136 valence electrons. The molecular formula is C21H24N2O3. The third-order valence-electron chi connectivity index (χ3n) is 5.53. The lowest BCUT2D eigenvalue weighted by atomic mass is 9.99. The summed E-state index contributed by atoms with van der Waals surface area (Å²) in [6.45, 7) is 3.85. The van der Waals surface area contributed by atoms with Crippen LogP contribution in [0.2, 0.25) is 0 Å². The fourth-order valence-corrected chi connectivity index (χ4v) is 3.93. The largest absolute Gasteiger partial charge is 0.507 e. The predicted molar refractivity (Wildman–Crippen MR) is 98.5 cm³/mol. The van der Waals surface area contributed by atoms with Crippen molar-refractivity contribution in [2.75, 3.05) is 6.54 Å². The van der Waals surface area contributed by atoms with E-state index >= 15 is 0 Å². The van der Waals surface area contributed by atoms with E-state index in [9.17, 15) is 9.90 Å². The number of ketones is 1. The second-order valence-electron chi connectivity index (χ2n) is 7.29. The van der Waals surface area contributed by atoms with E-state index in [4.69, 9.17) is 4.74 Å². The number of carbonyl (C=O) groups is 1. The fraction of sp³-hybridized carbons (Fsp3) is 0.429. The van der Waals surface area contributed by atoms with Crippen LogP contribution in [0, 0.1) is 0 Å². The monoisotopic (exact) mass is 352 g/mol. The number of likely N-dealkylation sites (tertiary alicyclic amines) is 1. The highest BCUT2D eigenvalue weighted by atomic mass is 16.5. The van der Waals surface area contributed by atoms with Gasteiger partial charge in [-0.2, -0.15) is 0 Å². The van der Waals surface area contributed by atoms with Gasteiger partial charge < -0.3 is 9.84 Å². The van der Waals surface area contributed by atoms with Crippen molar-refractivity contribution in [2.45, 2.75) is 51.3 Å². The minimum absolute atomic E-state index is 0.00949. The fourth-order valence-electron chi connectivity index (χ4n) is 3.93. The molecule has 5 heteroatoms. The van der Waals surface area contributed by atoms with Crippen LogP contribution in [-0.2, 0) is 13.0 Å². The number of phenols is 1. The van der Waals surface area contributed by atoms with Crippen LogP contribution in [0.25, 0.3) is 0 Å². The van der Waals surface area contributed by atoms with Crippen molar-refractivity contribution in [3.8, 4) is 11.5 Å². The Balaban J connectivity index is 1.59. The van der Waals surface area contributed by atoms with Crippen LogP contribution in [0.15, 0.2) is 36.7 Å². The lowest BCUT2D eigenvalue weighted by Gasteiger charge is -2.33. The molecule has 0 aliphatic carbocycles. The molecule has 2 unspecified atom stereocenters. The Kier molecular flexibility index (Phi) is 4.64. The van der Waals surface area contributed by atoms with Crippen LogP contribution in [-0.4, -0.2) is 39.5 Å². The number of fused-ring (bicyclic) bond motifs is 1. The van der Waals surface area contributed by atoms with Gasteiger partial charge >= 0.3 is 0 Å². The maximum atomic E-state index is 12.8. The second-order valence-corrected chi connectivity index (χ2v) is 7.29. The number of piperidine rings is 1. The Hall–Kier alpha value is -2.40. The molecule has 1 saturated heterocycles. The summed E-state index contributed by atoms with van der Waals surface area (Å²) in [5, 5.41) is 10.4. The van der Waals surface area contributed by atoms with Crippen LogP contribution in [0.3, 0.4) is 0 Å². The van der Waals surface area contributed by atoms with E-state index in [2.05, 4.69) is 16.8 Å². The Bertz CT molecular complexity index is 806. The SMILES string of the molecule is CC1CCCCN1Cc1c(O)ccc2c1OC(Cc1ccncc1)C2=O. The zero-order chi connectivity index (χ0) is 18.1. The van der Waals surface area contributed by atoms with E-state index in [1.807, 2.05) is 12.1 Å². The summed E-state index contributed by atoms with van der Waals surface area (Å²) >= 11 is 0. The van der Waals surface area contributed by atoms with Gasteiger partial charge in [0.2, 0.25) is 5.78 Å². The van der Waals surface area contributed by atoms with Crippen molar-refractivity contribution in [1.29, 1.82) is 0 Å². The molecule has 4 rings (SSSR count). The normalized spacial score (nSPS) is 22.9. The molecule has 2 aromatic rings. The van der Waals surface area contributed by atoms with Gasteiger partial charge in [-0.15, -0.1) is 0 Å². The molecule has 0 radical (unpaired) electrons. The molecule has 1 aromatic carbocycles. The number of Topliss-reactive ketones (excluding diaryl/α,β-unsaturated/α-hetero) is 1. The minimum atomic E-state index is -0.535. The van der Waals surface area contributed by atoms with Crippen molar-refractivity contribution >= 4 is 5.78 Å². The topological polar surface area (TPSA) is 62.7 Å². The van der Waals surface area contributed by atoms with Gasteiger partial charge in [0.25, 0.3) is 0 Å². The number of phenolic OH excluding ortho intramolecular Hbond substituents is 1. The van der Waals surface area contributed by atoms with Crippen molar-refractivity contribution in [3.05, 3.63) is 53.3 Å². The highest BCUT2D eigenvalue weighted by Gasteiger charge is 2.36. The number of hydrogen-bond donors (Lipinski definition) is 1. The molecule has 1 fully saturated rings. The number of ether oxygens (including phenoxy) is 1. The zero-order valence-corrected chi connectivity index (χ0v) is 15.0. The number of rotatable bonds is 4. The van der Waals surface area contributed by atoms with E-state index in [1.54, 1.807) is 24.5 Å². The summed E-state index contributed by atoms with van der Waals surface area (Å²) in [5.74, 6) is 0.760. The smallest absolute Gasteiger partial charge is 0.207 e. The molecular weight excluding hydrogens is 328 g/mol. The number of benzene rings is 1. The molecule has 0 saturated carbocycles. The average Bonchev–Trinajstić information content (AvgIpc) is 2.96. The summed E-state index contributed by atoms with van der Waals surface area (Å²) in [6.07, 6.45) is 7.00. The summed E-state index contributed by atoms with van der Waals surface area (Å²) in [7, 11) is 0. The first-order valence-corrected chi connectivity index (χ1v) is 9.32. The molecule has 0 bridgehead atoms. The van der Waals surface area contributed by atoms with Crippen LogP contribution < -0.4 is 4.74 Å². The second kappa shape index (κ2) is 7.08. The van der Waals surface area contributed by atoms with Crippen LogP contribution in [0.4, 0.5) is 0 Å². The van der Waals surface area contributed by atoms with Crippen molar-refractivity contribution < 1.29 is 14.6 Å². The number of hydrogen-bond acceptors (Lipinski definition) is 5. The number of aromatic hydroxyl groups is 1. The maximum absolute atomic E-state index is 12.8. The van der Waals surface area contributed by atoms with Gasteiger partial charge in [-0.25, -0.2) is 0 Å². The van der Waals surface area contributed by atoms with E-state index in [0.29, 0.717) is 30.3 Å². The number of pyridine rings is 1. The molecule has 26 heavy (non-hydrogen) atoms. The minimum Gasteiger partial charge on any atom is -0.507 e. The number of carbonyl (C=O) groups excluding carboxylic acids is 1. The van der Waals surface area contributed by atoms with Crippen molar-refractivity contribution in [3.63, 3.8) is 0 Å². The first kappa shape index (κ1) is 17.0. The third-order valence-corrected chi connectivity index (χ3v) is 5.53. The first-order chi connectivity index (χ1) is 12.6. The van der Waals surface area contributed by atoms with Crippen molar-refractivity contribution in [2.24, 2.45) is 0 Å². The lowest BCUT2D eigenvalue weighted by Crippen LogP contribution is -2.36. The van der Waals surface area contributed by atoms with Gasteiger partial charge in [0, 0.05) is 31.4 Å². The van der Waals surface area contributed by atoms with Crippen LogP contribution >= 0.6 is 0 Å². The summed E-state index contributed by atoms with van der Waals surface area (Å²) in [4.78, 5) is 19.2. The Morgan fingerprint density at radius 3 is 2.81 bits per heavy atom. The molecule has 2 aliphatic heterocycles. The first-order valence-electron chi connectivity index (χ1n) is 9.32. The van der Waals surface area contributed by atoms with Gasteiger partial charge in [0.05, 0.1) is 11.1 Å². The highest BCUT2D eigenvalue weighted by Crippen LogP contribution is 2.39. The number of nitrogens with zero attached hydrogens (tertiary/aromatic N) is 2. The highest BCUT2D eigenvalue weighted by molar-refractivity contribution is 6.05. The summed E-state index contributed by atoms with van der Waals surface area (Å²) < 4.78 is 6.06. The van der Waals surface area contributed by atoms with Crippen LogP contribution in [0.5, 0.6) is 11.5 Å². The van der Waals surface area contributed by atoms with Crippen molar-refractivity contribution in [1.82, 2.24) is 9.88 Å². The maximum Gasteiger partial charge on any atom is 0.207 e. The molecule has 2 aliphatic rings. The molecule has 5 nitrogen and oxygen atoms in total. The standard InChI is InChI=1S/C21H24N2O3/c1-14-4-2-3-11-23(14)13-17-18(24)6-5-16-20(25)19(26-21(16)17)12-15-7-9-22-10-8-15/h5-10,14,19,24H,2-4,11-13H2,1H3. The van der Waals surface area contributed by atoms with E-state index in [1.165, 1.54) is 19.3 Å². The van der Waals surface area contributed by atoms with Gasteiger partial charge in [0.15, 0.2) is 6.10 Å². The molecule has 1 N–H and O–H groups in total. The average molecular weight is 352 g/mol. The zero-order valence-electron chi connectivity index (χ0n) is 15.0. The summed E-state index contributed by atoms with van der Waals surface area (Å²) in [6, 6.07) is 7.58. The van der Waals surface area contributed by atoms with E-state index < -0.39 is 6.10 Å². The molecule has 0 amide bonds. The van der Waals surface area contributed by atoms with Gasteiger partial charge in [-0.05, 0) is 56.1 Å². The van der Waals surface area contributed by atoms with Gasteiger partial charge in [-0.3, -0.25) is 14.7 Å². The van der Waals surface area contributed by atoms with Crippen LogP contribution in [0.1, 0.15) is 47.7 Å². The van der Waals surface area contributed by atoms with Gasteiger partial charge in [0.1, 0.15) is 11.5 Å². The Labute approximate surface area is 153 Å². The predicted octanol–water partition coefficient (Wildman–Crippen LogP) is 3.35. The summed E-state index contributed by atoms with van der Waals surface area (Å²) in [5.41, 5.74) is 2.34. The quantitative estimate of drug-likeness (QED) is 0.914. The molecule has 0 spiro atoms.